The number of carbonyl (C=O) groups excluding carboxylic acids is 1. The highest BCUT2D eigenvalue weighted by Crippen LogP contribution is 2.35. The summed E-state index contributed by atoms with van der Waals surface area (Å²) in [6, 6.07) is 5.09. The molecule has 1 aromatic rings. The fraction of sp³-hybridized carbons (Fsp3) is 0.588. The first kappa shape index (κ1) is 16.3. The fourth-order valence-corrected chi connectivity index (χ4v) is 3.40. The molecule has 0 aliphatic carbocycles. The SMILES string of the molecule is O=C([C@H]1CCOC1)N1CCCC[C@H]1c1ccc(C(F)(F)F)cc1. The van der Waals surface area contributed by atoms with E-state index in [2.05, 4.69) is 0 Å². The summed E-state index contributed by atoms with van der Waals surface area (Å²) in [7, 11) is 0. The molecule has 0 radical (unpaired) electrons. The van der Waals surface area contributed by atoms with Crippen LogP contribution >= 0.6 is 0 Å². The Hall–Kier alpha value is -1.56. The van der Waals surface area contributed by atoms with Crippen LogP contribution in [-0.2, 0) is 15.7 Å². The van der Waals surface area contributed by atoms with Crippen molar-refractivity contribution in [1.29, 1.82) is 0 Å². The standard InChI is InChI=1S/C17H20F3NO2/c18-17(19,20)14-6-4-12(5-7-14)15-3-1-2-9-21(15)16(22)13-8-10-23-11-13/h4-7,13,15H,1-3,8-11H2/t13-,15-/m0/s1. The monoisotopic (exact) mass is 327 g/mol. The van der Waals surface area contributed by atoms with Crippen molar-refractivity contribution in [2.75, 3.05) is 19.8 Å². The molecule has 0 aromatic heterocycles. The minimum Gasteiger partial charge on any atom is -0.381 e. The quantitative estimate of drug-likeness (QED) is 0.827. The molecular weight excluding hydrogens is 307 g/mol. The van der Waals surface area contributed by atoms with E-state index in [0.29, 0.717) is 19.8 Å². The Morgan fingerprint density at radius 2 is 1.87 bits per heavy atom. The number of alkyl halides is 3. The van der Waals surface area contributed by atoms with Crippen LogP contribution in [0.25, 0.3) is 0 Å². The lowest BCUT2D eigenvalue weighted by Gasteiger charge is -2.37. The van der Waals surface area contributed by atoms with E-state index in [1.54, 1.807) is 0 Å². The minimum atomic E-state index is -4.33. The van der Waals surface area contributed by atoms with Gasteiger partial charge in [0.05, 0.1) is 24.1 Å². The number of piperidine rings is 1. The summed E-state index contributed by atoms with van der Waals surface area (Å²) in [5, 5.41) is 0. The second-order valence-corrected chi connectivity index (χ2v) is 6.22. The lowest BCUT2D eigenvalue weighted by atomic mass is 9.92. The average molecular weight is 327 g/mol. The molecule has 6 heteroatoms. The van der Waals surface area contributed by atoms with Crippen LogP contribution in [0.5, 0.6) is 0 Å². The summed E-state index contributed by atoms with van der Waals surface area (Å²) >= 11 is 0. The van der Waals surface area contributed by atoms with Crippen molar-refractivity contribution in [3.63, 3.8) is 0 Å². The van der Waals surface area contributed by atoms with Gasteiger partial charge in [0, 0.05) is 13.2 Å². The minimum absolute atomic E-state index is 0.0760. The number of rotatable bonds is 2. The van der Waals surface area contributed by atoms with Crippen molar-refractivity contribution >= 4 is 5.91 Å². The van der Waals surface area contributed by atoms with Gasteiger partial charge >= 0.3 is 6.18 Å². The lowest BCUT2D eigenvalue weighted by Crippen LogP contribution is -2.42. The number of halogens is 3. The smallest absolute Gasteiger partial charge is 0.381 e. The molecule has 0 bridgehead atoms. The van der Waals surface area contributed by atoms with Crippen molar-refractivity contribution in [3.05, 3.63) is 35.4 Å². The van der Waals surface area contributed by atoms with Crippen molar-refractivity contribution in [1.82, 2.24) is 4.90 Å². The normalized spacial score (nSPS) is 25.6. The van der Waals surface area contributed by atoms with Crippen molar-refractivity contribution < 1.29 is 22.7 Å². The highest BCUT2D eigenvalue weighted by Gasteiger charge is 2.35. The largest absolute Gasteiger partial charge is 0.416 e. The van der Waals surface area contributed by atoms with Crippen LogP contribution in [0.1, 0.15) is 42.9 Å². The van der Waals surface area contributed by atoms with Gasteiger partial charge in [-0.1, -0.05) is 12.1 Å². The van der Waals surface area contributed by atoms with Crippen LogP contribution in [0.4, 0.5) is 13.2 Å². The first-order chi connectivity index (χ1) is 11.0. The van der Waals surface area contributed by atoms with E-state index in [9.17, 15) is 18.0 Å². The van der Waals surface area contributed by atoms with Gasteiger partial charge in [0.25, 0.3) is 0 Å². The topological polar surface area (TPSA) is 29.5 Å². The van der Waals surface area contributed by atoms with Gasteiger partial charge in [-0.15, -0.1) is 0 Å². The zero-order valence-corrected chi connectivity index (χ0v) is 12.8. The second kappa shape index (κ2) is 6.51. The maximum atomic E-state index is 12.7. The highest BCUT2D eigenvalue weighted by molar-refractivity contribution is 5.79. The Bertz CT molecular complexity index is 550. The van der Waals surface area contributed by atoms with Crippen molar-refractivity contribution in [2.45, 2.75) is 37.9 Å². The molecule has 2 heterocycles. The number of carbonyl (C=O) groups is 1. The maximum Gasteiger partial charge on any atom is 0.416 e. The van der Waals surface area contributed by atoms with Crippen LogP contribution < -0.4 is 0 Å². The summed E-state index contributed by atoms with van der Waals surface area (Å²) in [5.41, 5.74) is 0.129. The lowest BCUT2D eigenvalue weighted by molar-refractivity contribution is -0.140. The molecule has 126 valence electrons. The molecule has 2 saturated heterocycles. The van der Waals surface area contributed by atoms with Gasteiger partial charge in [0.15, 0.2) is 0 Å². The number of hydrogen-bond donors (Lipinski definition) is 0. The third-order valence-corrected chi connectivity index (χ3v) is 4.69. The molecule has 0 spiro atoms. The summed E-state index contributed by atoms with van der Waals surface area (Å²) in [5.74, 6) is -0.0304. The molecule has 1 amide bonds. The molecule has 0 unspecified atom stereocenters. The Kier molecular flexibility index (Phi) is 4.62. The number of likely N-dealkylation sites (tertiary alicyclic amines) is 1. The van der Waals surface area contributed by atoms with Crippen LogP contribution in [0.2, 0.25) is 0 Å². The van der Waals surface area contributed by atoms with E-state index in [4.69, 9.17) is 4.74 Å². The Morgan fingerprint density at radius 1 is 1.13 bits per heavy atom. The zero-order chi connectivity index (χ0) is 16.4. The molecule has 3 nitrogen and oxygen atoms in total. The Balaban J connectivity index is 1.79. The molecule has 1 aromatic carbocycles. The number of ether oxygens (including phenoxy) is 1. The van der Waals surface area contributed by atoms with Crippen molar-refractivity contribution in [3.8, 4) is 0 Å². The third-order valence-electron chi connectivity index (χ3n) is 4.69. The predicted molar refractivity (Wildman–Crippen MR) is 78.7 cm³/mol. The number of nitrogens with zero attached hydrogens (tertiary/aromatic N) is 1. The molecule has 0 N–H and O–H groups in total. The molecule has 2 fully saturated rings. The molecule has 2 aliphatic rings. The number of benzene rings is 1. The summed E-state index contributed by atoms with van der Waals surface area (Å²) < 4.78 is 43.4. The van der Waals surface area contributed by atoms with Crippen LogP contribution in [-0.4, -0.2) is 30.6 Å². The second-order valence-electron chi connectivity index (χ2n) is 6.22. The zero-order valence-electron chi connectivity index (χ0n) is 12.8. The van der Waals surface area contributed by atoms with E-state index in [0.717, 1.165) is 43.4 Å². The first-order valence-corrected chi connectivity index (χ1v) is 8.02. The van der Waals surface area contributed by atoms with E-state index in [1.165, 1.54) is 12.1 Å². The Morgan fingerprint density at radius 3 is 2.48 bits per heavy atom. The highest BCUT2D eigenvalue weighted by atomic mass is 19.4. The molecule has 2 aliphatic heterocycles. The summed E-state index contributed by atoms with van der Waals surface area (Å²) in [6.45, 7) is 1.73. The molecule has 3 rings (SSSR count). The van der Waals surface area contributed by atoms with Gasteiger partial charge in [-0.05, 0) is 43.4 Å². The first-order valence-electron chi connectivity index (χ1n) is 8.02. The fourth-order valence-electron chi connectivity index (χ4n) is 3.40. The molecule has 23 heavy (non-hydrogen) atoms. The van der Waals surface area contributed by atoms with E-state index in [-0.39, 0.29) is 17.9 Å². The Labute approximate surface area is 133 Å². The number of amides is 1. The van der Waals surface area contributed by atoms with Gasteiger partial charge in [0.1, 0.15) is 0 Å². The predicted octanol–water partition coefficient (Wildman–Crippen LogP) is 3.80. The van der Waals surface area contributed by atoms with E-state index >= 15 is 0 Å². The van der Waals surface area contributed by atoms with Gasteiger partial charge in [-0.3, -0.25) is 4.79 Å². The number of hydrogen-bond acceptors (Lipinski definition) is 2. The van der Waals surface area contributed by atoms with Gasteiger partial charge in [0.2, 0.25) is 5.91 Å². The van der Waals surface area contributed by atoms with Crippen LogP contribution in [0, 0.1) is 5.92 Å². The molecule has 0 saturated carbocycles. The average Bonchev–Trinajstić information content (AvgIpc) is 3.08. The molecular formula is C17H20F3NO2. The van der Waals surface area contributed by atoms with E-state index < -0.39 is 11.7 Å². The summed E-state index contributed by atoms with van der Waals surface area (Å²) in [4.78, 5) is 14.5. The van der Waals surface area contributed by atoms with Gasteiger partial charge in [-0.25, -0.2) is 0 Å². The van der Waals surface area contributed by atoms with Gasteiger partial charge < -0.3 is 9.64 Å². The van der Waals surface area contributed by atoms with Gasteiger partial charge in [-0.2, -0.15) is 13.2 Å². The molecule has 2 atom stereocenters. The van der Waals surface area contributed by atoms with Crippen LogP contribution in [0.15, 0.2) is 24.3 Å². The van der Waals surface area contributed by atoms with E-state index in [1.807, 2.05) is 4.90 Å². The maximum absolute atomic E-state index is 12.7. The third kappa shape index (κ3) is 3.52. The van der Waals surface area contributed by atoms with Crippen molar-refractivity contribution in [2.24, 2.45) is 5.92 Å². The summed E-state index contributed by atoms with van der Waals surface area (Å²) in [6.07, 6.45) is -0.880. The van der Waals surface area contributed by atoms with Crippen LogP contribution in [0.3, 0.4) is 0 Å².